The molecule has 1 aliphatic rings. The first kappa shape index (κ1) is 43.0. The number of carbonyl (C=O) groups is 2. The number of nitrogens with one attached hydrogen (secondary N) is 3. The molecule has 7 aromatic rings. The molecule has 19 heteroatoms. The fourth-order valence-corrected chi connectivity index (χ4v) is 8.40. The molecular weight excluding hydrogens is 809 g/mol. The minimum Gasteiger partial charge on any atom is -0.384 e. The van der Waals surface area contributed by atoms with E-state index in [1.807, 2.05) is 13.8 Å². The Kier molecular flexibility index (Phi) is 14.0. The van der Waals surface area contributed by atoms with E-state index in [9.17, 15) is 26.4 Å². The lowest BCUT2D eigenvalue weighted by atomic mass is 10.1. The summed E-state index contributed by atoms with van der Waals surface area (Å²) < 4.78 is 61.7. The molecular formula is C41H44N10O7S2. The first-order chi connectivity index (χ1) is 28.9. The highest BCUT2D eigenvalue weighted by molar-refractivity contribution is 7.91. The summed E-state index contributed by atoms with van der Waals surface area (Å²) in [6.07, 6.45) is 14.4. The second-order valence-electron chi connectivity index (χ2n) is 13.2. The molecule has 1 saturated heterocycles. The van der Waals surface area contributed by atoms with Crippen LogP contribution in [0.2, 0.25) is 0 Å². The molecule has 17 nitrogen and oxygen atoms in total. The Hall–Kier alpha value is -6.54. The molecule has 5 aromatic heterocycles. The molecule has 1 fully saturated rings. The molecule has 0 saturated carbocycles. The summed E-state index contributed by atoms with van der Waals surface area (Å²) in [7, 11) is -7.28. The van der Waals surface area contributed by atoms with Crippen molar-refractivity contribution in [1.82, 2.24) is 44.1 Å². The van der Waals surface area contributed by atoms with Crippen molar-refractivity contribution in [3.05, 3.63) is 145 Å². The number of nitrogen functional groups attached to an aromatic ring is 1. The van der Waals surface area contributed by atoms with Gasteiger partial charge in [-0.25, -0.2) is 41.5 Å². The standard InChI is InChI=1S/C20H17N5O3S.C19H21N5O4S.C2H6/c21-18-7-6-17(12-23-18)29(27,28)16-4-1-14(2-5-16)11-24-20(26)15-3-8-19-22-9-10-25(19)13-15;25-18(15-11-22-19-20-7-8-24(19)12-15)21-10-14-3-5-17(6-4-14)29(26,27)23-16-2-1-9-28-13-16;1-2/h1-10,12-13H,11H2,(H2,21,23)(H,24,26);3-8,11-12,16,23H,1-2,9-10,13H2,(H,21,25);1-2H3. The van der Waals surface area contributed by atoms with Crippen LogP contribution in [0.3, 0.4) is 0 Å². The highest BCUT2D eigenvalue weighted by Gasteiger charge is 2.22. The van der Waals surface area contributed by atoms with Gasteiger partial charge in [-0.3, -0.25) is 14.0 Å². The molecule has 60 heavy (non-hydrogen) atoms. The van der Waals surface area contributed by atoms with Crippen LogP contribution in [-0.4, -0.2) is 76.6 Å². The number of anilines is 1. The summed E-state index contributed by atoms with van der Waals surface area (Å²) >= 11 is 0. The Morgan fingerprint density at radius 2 is 1.33 bits per heavy atom. The number of sulfonamides is 1. The van der Waals surface area contributed by atoms with Gasteiger partial charge in [-0.05, 0) is 72.5 Å². The number of fused-ring (bicyclic) bond motifs is 2. The first-order valence-corrected chi connectivity index (χ1v) is 21.9. The van der Waals surface area contributed by atoms with Gasteiger partial charge in [0.15, 0.2) is 0 Å². The van der Waals surface area contributed by atoms with Crippen LogP contribution in [0.5, 0.6) is 0 Å². The van der Waals surface area contributed by atoms with Crippen molar-refractivity contribution in [3.63, 3.8) is 0 Å². The average Bonchev–Trinajstić information content (AvgIpc) is 3.96. The van der Waals surface area contributed by atoms with E-state index in [4.69, 9.17) is 10.5 Å². The molecule has 5 N–H and O–H groups in total. The van der Waals surface area contributed by atoms with Gasteiger partial charge in [0.2, 0.25) is 25.6 Å². The normalized spacial score (nSPS) is 14.0. The fourth-order valence-electron chi connectivity index (χ4n) is 5.94. The first-order valence-electron chi connectivity index (χ1n) is 19.0. The summed E-state index contributed by atoms with van der Waals surface area (Å²) in [4.78, 5) is 41.2. The van der Waals surface area contributed by atoms with Crippen molar-refractivity contribution in [2.45, 2.75) is 60.5 Å². The van der Waals surface area contributed by atoms with Crippen LogP contribution in [0.4, 0.5) is 5.82 Å². The summed E-state index contributed by atoms with van der Waals surface area (Å²) in [5, 5.41) is 5.62. The largest absolute Gasteiger partial charge is 0.384 e. The molecule has 0 radical (unpaired) electrons. The highest BCUT2D eigenvalue weighted by atomic mass is 32.2. The van der Waals surface area contributed by atoms with Gasteiger partial charge < -0.3 is 25.5 Å². The number of nitrogens with zero attached hydrogens (tertiary/aromatic N) is 6. The summed E-state index contributed by atoms with van der Waals surface area (Å²) in [6.45, 7) is 5.60. The summed E-state index contributed by atoms with van der Waals surface area (Å²) in [5.41, 5.74) is 8.74. The lowest BCUT2D eigenvalue weighted by Gasteiger charge is -2.23. The summed E-state index contributed by atoms with van der Waals surface area (Å²) in [6, 6.07) is 18.9. The molecule has 0 spiro atoms. The van der Waals surface area contributed by atoms with Crippen molar-refractivity contribution >= 4 is 48.9 Å². The van der Waals surface area contributed by atoms with Gasteiger partial charge in [0.1, 0.15) is 11.5 Å². The van der Waals surface area contributed by atoms with E-state index in [0.29, 0.717) is 30.1 Å². The van der Waals surface area contributed by atoms with E-state index in [1.54, 1.807) is 82.4 Å². The molecule has 2 amide bonds. The molecule has 1 atom stereocenters. The van der Waals surface area contributed by atoms with Gasteiger partial charge in [-0.15, -0.1) is 0 Å². The predicted octanol–water partition coefficient (Wildman–Crippen LogP) is 4.22. The zero-order valence-corrected chi connectivity index (χ0v) is 34.4. The Morgan fingerprint density at radius 1 is 0.717 bits per heavy atom. The van der Waals surface area contributed by atoms with Gasteiger partial charge >= 0.3 is 0 Å². The number of benzene rings is 2. The Labute approximate surface area is 347 Å². The van der Waals surface area contributed by atoms with Crippen molar-refractivity contribution in [1.29, 1.82) is 0 Å². The van der Waals surface area contributed by atoms with Crippen LogP contribution in [0.25, 0.3) is 11.4 Å². The third kappa shape index (κ3) is 10.7. The predicted molar refractivity (Wildman–Crippen MR) is 223 cm³/mol. The van der Waals surface area contributed by atoms with Crippen molar-refractivity contribution in [2.75, 3.05) is 18.9 Å². The number of nitrogens with two attached hydrogens (primary N) is 1. The lowest BCUT2D eigenvalue weighted by Crippen LogP contribution is -2.40. The zero-order chi connectivity index (χ0) is 42.7. The number of hydrogen-bond acceptors (Lipinski definition) is 12. The molecule has 1 unspecified atom stereocenters. The van der Waals surface area contributed by atoms with Gasteiger partial charge in [0.05, 0.1) is 32.4 Å². The Morgan fingerprint density at radius 3 is 1.98 bits per heavy atom. The minimum absolute atomic E-state index is 0.0719. The quantitative estimate of drug-likeness (QED) is 0.143. The van der Waals surface area contributed by atoms with Crippen LogP contribution in [-0.2, 0) is 37.7 Å². The van der Waals surface area contributed by atoms with E-state index in [-0.39, 0.29) is 51.5 Å². The third-order valence-corrected chi connectivity index (χ3v) is 12.4. The van der Waals surface area contributed by atoms with Gasteiger partial charge in [-0.2, -0.15) is 0 Å². The van der Waals surface area contributed by atoms with Gasteiger partial charge in [0.25, 0.3) is 11.8 Å². The fraction of sp³-hybridized carbons (Fsp3) is 0.220. The number of carbonyl (C=O) groups excluding carboxylic acids is 2. The average molecular weight is 853 g/mol. The lowest BCUT2D eigenvalue weighted by molar-refractivity contribution is 0.0774. The molecule has 1 aliphatic heterocycles. The van der Waals surface area contributed by atoms with Crippen molar-refractivity contribution < 1.29 is 31.2 Å². The maximum Gasteiger partial charge on any atom is 0.254 e. The monoisotopic (exact) mass is 852 g/mol. The van der Waals surface area contributed by atoms with E-state index < -0.39 is 19.9 Å². The minimum atomic E-state index is -3.68. The second-order valence-corrected chi connectivity index (χ2v) is 16.9. The van der Waals surface area contributed by atoms with E-state index in [2.05, 4.69) is 35.3 Å². The number of imidazole rings is 2. The van der Waals surface area contributed by atoms with E-state index >= 15 is 0 Å². The number of pyridine rings is 2. The van der Waals surface area contributed by atoms with Crippen molar-refractivity contribution in [2.24, 2.45) is 0 Å². The number of rotatable bonds is 11. The highest BCUT2D eigenvalue weighted by Crippen LogP contribution is 2.21. The Bertz CT molecular complexity index is 2770. The third-order valence-electron chi connectivity index (χ3n) is 9.08. The topological polar surface area (TPSA) is 234 Å². The van der Waals surface area contributed by atoms with Crippen LogP contribution in [0.1, 0.15) is 58.5 Å². The number of ether oxygens (including phenoxy) is 1. The molecule has 2 aromatic carbocycles. The SMILES string of the molecule is CC.Nc1ccc(S(=O)(=O)c2ccc(CNC(=O)c3ccc4nccn4c3)cc2)cn1.O=C(NCc1ccc(S(=O)(=O)NC2CCCOC2)cc1)c1cnc2nccn2c1. The maximum absolute atomic E-state index is 12.6. The molecule has 6 heterocycles. The zero-order valence-electron chi connectivity index (χ0n) is 32.8. The van der Waals surface area contributed by atoms with Crippen molar-refractivity contribution in [3.8, 4) is 0 Å². The van der Waals surface area contributed by atoms with E-state index in [0.717, 1.165) is 29.6 Å². The van der Waals surface area contributed by atoms with Crippen LogP contribution >= 0.6 is 0 Å². The molecule has 8 rings (SSSR count). The van der Waals surface area contributed by atoms with Crippen LogP contribution < -0.4 is 21.1 Å². The number of sulfone groups is 1. The smallest absolute Gasteiger partial charge is 0.254 e. The van der Waals surface area contributed by atoms with Crippen LogP contribution in [0.15, 0.2) is 137 Å². The maximum atomic E-state index is 12.6. The van der Waals surface area contributed by atoms with E-state index in [1.165, 1.54) is 48.8 Å². The number of aromatic nitrogens is 6. The number of hydrogen-bond donors (Lipinski definition) is 4. The van der Waals surface area contributed by atoms with Gasteiger partial charge in [-0.1, -0.05) is 38.1 Å². The Balaban J connectivity index is 0.000000193. The number of amides is 2. The second kappa shape index (κ2) is 19.5. The summed E-state index contributed by atoms with van der Waals surface area (Å²) in [5.74, 6) is 0.267. The van der Waals surface area contributed by atoms with Gasteiger partial charge in [0, 0.05) is 75.3 Å². The van der Waals surface area contributed by atoms with Crippen LogP contribution in [0, 0.1) is 0 Å². The molecule has 0 bridgehead atoms. The molecule has 312 valence electrons. The molecule has 0 aliphatic carbocycles.